The molecular formula is C10H13BrN2O2. The molecule has 1 aromatic rings. The highest BCUT2D eigenvalue weighted by Crippen LogP contribution is 2.30. The molecule has 0 aliphatic carbocycles. The molecule has 4 nitrogen and oxygen atoms in total. The van der Waals surface area contributed by atoms with E-state index in [9.17, 15) is 0 Å². The van der Waals surface area contributed by atoms with Gasteiger partial charge in [-0.2, -0.15) is 0 Å². The van der Waals surface area contributed by atoms with Crippen LogP contribution in [-0.2, 0) is 4.74 Å². The van der Waals surface area contributed by atoms with Crippen LogP contribution in [0.1, 0.15) is 12.8 Å². The second kappa shape index (κ2) is 4.81. The lowest BCUT2D eigenvalue weighted by molar-refractivity contribution is 0.0679. The summed E-state index contributed by atoms with van der Waals surface area (Å²) in [6.07, 6.45) is 5.62. The summed E-state index contributed by atoms with van der Waals surface area (Å²) in [4.78, 5) is 3.94. The number of nitrogen functional groups attached to an aromatic ring is 1. The summed E-state index contributed by atoms with van der Waals surface area (Å²) >= 11 is 3.35. The van der Waals surface area contributed by atoms with Gasteiger partial charge >= 0.3 is 0 Å². The SMILES string of the molecule is Nc1cncc(Br)c1OCC1CCCO1. The molecule has 2 N–H and O–H groups in total. The van der Waals surface area contributed by atoms with Crippen LogP contribution in [0.2, 0.25) is 0 Å². The Morgan fingerprint density at radius 1 is 1.60 bits per heavy atom. The Balaban J connectivity index is 1.97. The average molecular weight is 273 g/mol. The second-order valence-electron chi connectivity index (χ2n) is 3.49. The maximum atomic E-state index is 5.75. The number of nitrogens with two attached hydrogens (primary N) is 1. The van der Waals surface area contributed by atoms with Crippen LogP contribution in [0.4, 0.5) is 5.69 Å². The van der Waals surface area contributed by atoms with E-state index in [1.165, 1.54) is 0 Å². The Labute approximate surface area is 96.9 Å². The first kappa shape index (κ1) is 10.7. The van der Waals surface area contributed by atoms with Crippen molar-refractivity contribution in [3.63, 3.8) is 0 Å². The molecular weight excluding hydrogens is 260 g/mol. The molecule has 0 aromatic carbocycles. The lowest BCUT2D eigenvalue weighted by atomic mass is 10.2. The normalized spacial score (nSPS) is 20.5. The van der Waals surface area contributed by atoms with E-state index in [1.807, 2.05) is 0 Å². The largest absolute Gasteiger partial charge is 0.487 e. The maximum absolute atomic E-state index is 5.75. The minimum absolute atomic E-state index is 0.199. The van der Waals surface area contributed by atoms with E-state index in [-0.39, 0.29) is 6.10 Å². The molecule has 2 rings (SSSR count). The molecule has 1 aliphatic rings. The van der Waals surface area contributed by atoms with E-state index in [2.05, 4.69) is 20.9 Å². The first-order chi connectivity index (χ1) is 7.27. The topological polar surface area (TPSA) is 57.4 Å². The molecule has 82 valence electrons. The highest BCUT2D eigenvalue weighted by atomic mass is 79.9. The Morgan fingerprint density at radius 3 is 3.13 bits per heavy atom. The van der Waals surface area contributed by atoms with E-state index in [0.717, 1.165) is 23.9 Å². The molecule has 0 radical (unpaired) electrons. The number of anilines is 1. The van der Waals surface area contributed by atoms with Gasteiger partial charge in [-0.05, 0) is 28.8 Å². The maximum Gasteiger partial charge on any atom is 0.159 e. The van der Waals surface area contributed by atoms with E-state index in [1.54, 1.807) is 12.4 Å². The van der Waals surface area contributed by atoms with Gasteiger partial charge in [0.1, 0.15) is 6.61 Å². The fourth-order valence-corrected chi connectivity index (χ4v) is 2.00. The molecule has 0 bridgehead atoms. The zero-order valence-electron chi connectivity index (χ0n) is 8.28. The predicted octanol–water partition coefficient (Wildman–Crippen LogP) is 1.98. The highest BCUT2D eigenvalue weighted by molar-refractivity contribution is 9.10. The summed E-state index contributed by atoms with van der Waals surface area (Å²) in [6.45, 7) is 1.38. The van der Waals surface area contributed by atoms with Crippen LogP contribution in [-0.4, -0.2) is 24.3 Å². The van der Waals surface area contributed by atoms with Crippen molar-refractivity contribution in [3.8, 4) is 5.75 Å². The fourth-order valence-electron chi connectivity index (χ4n) is 1.54. The quantitative estimate of drug-likeness (QED) is 0.914. The van der Waals surface area contributed by atoms with Crippen LogP contribution >= 0.6 is 15.9 Å². The molecule has 5 heteroatoms. The van der Waals surface area contributed by atoms with Gasteiger partial charge in [0.15, 0.2) is 5.75 Å². The van der Waals surface area contributed by atoms with Crippen LogP contribution in [0.15, 0.2) is 16.9 Å². The van der Waals surface area contributed by atoms with Crippen molar-refractivity contribution in [1.29, 1.82) is 0 Å². The second-order valence-corrected chi connectivity index (χ2v) is 4.34. The first-order valence-electron chi connectivity index (χ1n) is 4.91. The van der Waals surface area contributed by atoms with E-state index < -0.39 is 0 Å². The predicted molar refractivity (Wildman–Crippen MR) is 60.8 cm³/mol. The number of hydrogen-bond donors (Lipinski definition) is 1. The van der Waals surface area contributed by atoms with Crippen LogP contribution in [0.5, 0.6) is 5.75 Å². The number of nitrogens with zero attached hydrogens (tertiary/aromatic N) is 1. The number of rotatable bonds is 3. The van der Waals surface area contributed by atoms with E-state index in [4.69, 9.17) is 15.2 Å². The molecule has 1 aromatic heterocycles. The van der Waals surface area contributed by atoms with E-state index >= 15 is 0 Å². The third-order valence-corrected chi connectivity index (χ3v) is 2.88. The van der Waals surface area contributed by atoms with Gasteiger partial charge in [-0.15, -0.1) is 0 Å². The Kier molecular flexibility index (Phi) is 3.43. The molecule has 1 aliphatic heterocycles. The summed E-state index contributed by atoms with van der Waals surface area (Å²) in [5, 5.41) is 0. The zero-order chi connectivity index (χ0) is 10.7. The minimum atomic E-state index is 0.199. The van der Waals surface area contributed by atoms with Crippen molar-refractivity contribution < 1.29 is 9.47 Å². The van der Waals surface area contributed by atoms with Gasteiger partial charge < -0.3 is 15.2 Å². The monoisotopic (exact) mass is 272 g/mol. The molecule has 15 heavy (non-hydrogen) atoms. The van der Waals surface area contributed by atoms with E-state index in [0.29, 0.717) is 18.0 Å². The lowest BCUT2D eigenvalue weighted by Gasteiger charge is -2.13. The smallest absolute Gasteiger partial charge is 0.159 e. The number of pyridine rings is 1. The van der Waals surface area contributed by atoms with Crippen molar-refractivity contribution in [2.24, 2.45) is 0 Å². The Bertz CT molecular complexity index is 320. The van der Waals surface area contributed by atoms with Crippen molar-refractivity contribution in [2.75, 3.05) is 18.9 Å². The molecule has 2 heterocycles. The summed E-state index contributed by atoms with van der Waals surface area (Å²) in [7, 11) is 0. The third-order valence-electron chi connectivity index (χ3n) is 2.32. The summed E-state index contributed by atoms with van der Waals surface area (Å²) in [6, 6.07) is 0. The van der Waals surface area contributed by atoms with Crippen molar-refractivity contribution >= 4 is 21.6 Å². The molecule has 1 atom stereocenters. The van der Waals surface area contributed by atoms with Crippen LogP contribution in [0.25, 0.3) is 0 Å². The van der Waals surface area contributed by atoms with Crippen LogP contribution in [0, 0.1) is 0 Å². The average Bonchev–Trinajstić information content (AvgIpc) is 2.70. The Hall–Kier alpha value is -0.810. The van der Waals surface area contributed by atoms with Gasteiger partial charge in [0, 0.05) is 12.8 Å². The zero-order valence-corrected chi connectivity index (χ0v) is 9.87. The molecule has 0 amide bonds. The number of aromatic nitrogens is 1. The number of halogens is 1. The van der Waals surface area contributed by atoms with Crippen LogP contribution in [0.3, 0.4) is 0 Å². The van der Waals surface area contributed by atoms with Crippen molar-refractivity contribution in [1.82, 2.24) is 4.98 Å². The van der Waals surface area contributed by atoms with Gasteiger partial charge in [-0.25, -0.2) is 0 Å². The minimum Gasteiger partial charge on any atom is -0.487 e. The van der Waals surface area contributed by atoms with Crippen molar-refractivity contribution in [3.05, 3.63) is 16.9 Å². The highest BCUT2D eigenvalue weighted by Gasteiger charge is 2.17. The first-order valence-corrected chi connectivity index (χ1v) is 5.70. The van der Waals surface area contributed by atoms with Crippen LogP contribution < -0.4 is 10.5 Å². The lowest BCUT2D eigenvalue weighted by Crippen LogP contribution is -2.17. The summed E-state index contributed by atoms with van der Waals surface area (Å²) < 4.78 is 11.9. The molecule has 0 spiro atoms. The molecule has 1 fully saturated rings. The van der Waals surface area contributed by atoms with Crippen molar-refractivity contribution in [2.45, 2.75) is 18.9 Å². The van der Waals surface area contributed by atoms with Gasteiger partial charge in [0.05, 0.1) is 22.5 Å². The number of hydrogen-bond acceptors (Lipinski definition) is 4. The van der Waals surface area contributed by atoms with Gasteiger partial charge in [-0.1, -0.05) is 0 Å². The standard InChI is InChI=1S/C10H13BrN2O2/c11-8-4-13-5-9(12)10(8)15-6-7-2-1-3-14-7/h4-5,7H,1-3,6,12H2. The summed E-state index contributed by atoms with van der Waals surface area (Å²) in [5.74, 6) is 0.653. The van der Waals surface area contributed by atoms with Gasteiger partial charge in [0.2, 0.25) is 0 Å². The molecule has 1 saturated heterocycles. The third kappa shape index (κ3) is 2.60. The summed E-state index contributed by atoms with van der Waals surface area (Å²) in [5.41, 5.74) is 6.29. The van der Waals surface area contributed by atoms with Gasteiger partial charge in [-0.3, -0.25) is 4.98 Å². The number of ether oxygens (including phenoxy) is 2. The molecule has 1 unspecified atom stereocenters. The van der Waals surface area contributed by atoms with Gasteiger partial charge in [0.25, 0.3) is 0 Å². The molecule has 0 saturated carbocycles. The fraction of sp³-hybridized carbons (Fsp3) is 0.500. The Morgan fingerprint density at radius 2 is 2.47 bits per heavy atom.